The predicted molar refractivity (Wildman–Crippen MR) is 147 cm³/mol. The Morgan fingerprint density at radius 3 is 2.42 bits per heavy atom. The maximum Gasteiger partial charge on any atom is 0.573 e. The van der Waals surface area contributed by atoms with Crippen molar-refractivity contribution in [2.24, 2.45) is 0 Å². The second-order valence-corrected chi connectivity index (χ2v) is 10.5. The van der Waals surface area contributed by atoms with Gasteiger partial charge in [0.05, 0.1) is 6.67 Å². The van der Waals surface area contributed by atoms with E-state index in [4.69, 9.17) is 4.74 Å². The number of allylic oxidation sites excluding steroid dienone is 1. The highest BCUT2D eigenvalue weighted by Crippen LogP contribution is 2.42. The molecule has 1 heterocycles. The number of alkyl halides is 4. The van der Waals surface area contributed by atoms with Crippen LogP contribution in [0.15, 0.2) is 60.7 Å². The average molecular weight is 556 g/mol. The van der Waals surface area contributed by atoms with Crippen molar-refractivity contribution in [2.75, 3.05) is 26.3 Å². The first-order valence-electron chi connectivity index (χ1n) is 13.7. The monoisotopic (exact) mass is 555 g/mol. The van der Waals surface area contributed by atoms with Gasteiger partial charge in [0.25, 0.3) is 0 Å². The van der Waals surface area contributed by atoms with Gasteiger partial charge in [-0.05, 0) is 114 Å². The highest BCUT2D eigenvalue weighted by Gasteiger charge is 2.31. The highest BCUT2D eigenvalue weighted by molar-refractivity contribution is 6.00. The Morgan fingerprint density at radius 2 is 1.70 bits per heavy atom. The minimum Gasteiger partial charge on any atom is -0.508 e. The fourth-order valence-electron chi connectivity index (χ4n) is 5.82. The van der Waals surface area contributed by atoms with Crippen LogP contribution in [0.5, 0.6) is 17.2 Å². The minimum absolute atomic E-state index is 0.0573. The lowest BCUT2D eigenvalue weighted by Crippen LogP contribution is -2.26. The fourth-order valence-corrected chi connectivity index (χ4v) is 5.82. The molecule has 5 rings (SSSR count). The van der Waals surface area contributed by atoms with Crippen LogP contribution in [-0.4, -0.2) is 48.8 Å². The lowest BCUT2D eigenvalue weighted by atomic mass is 9.86. The smallest absolute Gasteiger partial charge is 0.508 e. The number of rotatable bonds is 8. The van der Waals surface area contributed by atoms with Crippen molar-refractivity contribution in [3.63, 3.8) is 0 Å². The summed E-state index contributed by atoms with van der Waals surface area (Å²) in [5, 5.41) is 10.2. The van der Waals surface area contributed by atoms with E-state index in [9.17, 15) is 22.7 Å². The Kier molecular flexibility index (Phi) is 8.35. The van der Waals surface area contributed by atoms with Crippen molar-refractivity contribution in [2.45, 2.75) is 51.5 Å². The fraction of sp³-hybridized carbons (Fsp3) is 0.375. The number of halogens is 4. The van der Waals surface area contributed by atoms with E-state index in [0.29, 0.717) is 12.0 Å². The van der Waals surface area contributed by atoms with E-state index in [1.807, 2.05) is 30.3 Å². The number of phenolic OH excluding ortho intramolecular Hbond substituents is 1. The van der Waals surface area contributed by atoms with Crippen LogP contribution in [0.25, 0.3) is 11.1 Å². The van der Waals surface area contributed by atoms with E-state index in [1.54, 1.807) is 25.1 Å². The van der Waals surface area contributed by atoms with Gasteiger partial charge in [-0.2, -0.15) is 0 Å². The molecule has 0 amide bonds. The van der Waals surface area contributed by atoms with Crippen molar-refractivity contribution in [1.29, 1.82) is 0 Å². The number of likely N-dealkylation sites (tertiary alicyclic amines) is 1. The van der Waals surface area contributed by atoms with Crippen molar-refractivity contribution < 1.29 is 32.1 Å². The van der Waals surface area contributed by atoms with Gasteiger partial charge in [0, 0.05) is 19.6 Å². The van der Waals surface area contributed by atoms with Gasteiger partial charge in [-0.1, -0.05) is 24.3 Å². The summed E-state index contributed by atoms with van der Waals surface area (Å²) in [5.74, 6) is 0.714. The third-order valence-corrected chi connectivity index (χ3v) is 7.57. The van der Waals surface area contributed by atoms with Gasteiger partial charge in [-0.3, -0.25) is 9.29 Å². The van der Waals surface area contributed by atoms with Crippen molar-refractivity contribution >= 4 is 11.1 Å². The van der Waals surface area contributed by atoms with Gasteiger partial charge in [-0.15, -0.1) is 13.2 Å². The minimum atomic E-state index is -4.75. The molecule has 1 N–H and O–H groups in total. The van der Waals surface area contributed by atoms with Gasteiger partial charge in [0.1, 0.15) is 23.4 Å². The molecule has 8 heteroatoms. The molecule has 0 saturated carbocycles. The van der Waals surface area contributed by atoms with Crippen LogP contribution >= 0.6 is 0 Å². The Morgan fingerprint density at radius 1 is 0.950 bits per heavy atom. The van der Waals surface area contributed by atoms with Crippen LogP contribution < -0.4 is 9.47 Å². The van der Waals surface area contributed by atoms with Crippen LogP contribution in [0.4, 0.5) is 17.6 Å². The van der Waals surface area contributed by atoms with Gasteiger partial charge >= 0.3 is 6.36 Å². The number of hydrogen-bond acceptors (Lipinski definition) is 4. The lowest BCUT2D eigenvalue weighted by Gasteiger charge is -2.20. The van der Waals surface area contributed by atoms with E-state index in [2.05, 4.69) is 9.64 Å². The Bertz CT molecular complexity index is 1370. The molecule has 40 heavy (non-hydrogen) atoms. The van der Waals surface area contributed by atoms with E-state index < -0.39 is 6.36 Å². The van der Waals surface area contributed by atoms with Crippen molar-refractivity contribution in [1.82, 2.24) is 4.90 Å². The molecule has 1 atom stereocenters. The molecule has 2 aliphatic rings. The largest absolute Gasteiger partial charge is 0.573 e. The molecule has 3 aromatic rings. The average Bonchev–Trinajstić information content (AvgIpc) is 3.26. The Labute approximate surface area is 231 Å². The molecule has 1 saturated heterocycles. The predicted octanol–water partition coefficient (Wildman–Crippen LogP) is 7.71. The number of hydrogen-bond donors (Lipinski definition) is 1. The molecule has 0 aromatic heterocycles. The van der Waals surface area contributed by atoms with E-state index in [-0.39, 0.29) is 24.3 Å². The quantitative estimate of drug-likeness (QED) is 0.289. The highest BCUT2D eigenvalue weighted by atomic mass is 19.4. The zero-order valence-corrected chi connectivity index (χ0v) is 22.4. The molecule has 1 fully saturated rings. The molecular formula is C32H33F4NO3. The molecular weight excluding hydrogens is 522 g/mol. The van der Waals surface area contributed by atoms with Crippen LogP contribution in [0.2, 0.25) is 0 Å². The molecule has 212 valence electrons. The molecule has 3 aromatic carbocycles. The van der Waals surface area contributed by atoms with E-state index >= 15 is 0 Å². The first-order chi connectivity index (χ1) is 19.2. The molecule has 0 radical (unpaired) electrons. The van der Waals surface area contributed by atoms with Crippen LogP contribution in [0.1, 0.15) is 53.5 Å². The number of aromatic hydroxyl groups is 1. The summed E-state index contributed by atoms with van der Waals surface area (Å²) in [6.07, 6.45) is -0.939. The molecule has 1 aliphatic carbocycles. The van der Waals surface area contributed by atoms with Gasteiger partial charge < -0.3 is 14.6 Å². The van der Waals surface area contributed by atoms with Crippen molar-refractivity contribution in [3.8, 4) is 17.2 Å². The number of aryl methyl sites for hydroxylation is 2. The molecule has 0 bridgehead atoms. The van der Waals surface area contributed by atoms with Gasteiger partial charge in [0.15, 0.2) is 0 Å². The molecule has 0 unspecified atom stereocenters. The summed E-state index contributed by atoms with van der Waals surface area (Å²) in [5.41, 5.74) is 6.56. The standard InChI is InChI=1S/C32H33F4NO3/c1-21-18-26(40-32(34,35)36)11-13-28(21)30-5-2-4-23-19-24(38)8-12-29(23)31(30)22-6-9-25(10-7-22)39-27-14-17-37(20-27)16-3-15-33/h6-13,18-19,27,38H,2-5,14-17,20H2,1H3/t27-/m0/s1. The number of fused-ring (bicyclic) bond motifs is 1. The summed E-state index contributed by atoms with van der Waals surface area (Å²) in [4.78, 5) is 2.22. The maximum atomic E-state index is 12.8. The normalized spacial score (nSPS) is 18.0. The Hall–Kier alpha value is -3.52. The lowest BCUT2D eigenvalue weighted by molar-refractivity contribution is -0.274. The van der Waals surface area contributed by atoms with E-state index in [1.165, 1.54) is 12.1 Å². The second kappa shape index (κ2) is 11.9. The maximum absolute atomic E-state index is 12.8. The first kappa shape index (κ1) is 28.0. The molecule has 0 spiro atoms. The SMILES string of the molecule is Cc1cc(OC(F)(F)F)ccc1C1=C(c2ccc(O[C@H]3CCN(CCCF)C3)cc2)c2ccc(O)cc2CCC1. The zero-order chi connectivity index (χ0) is 28.3. The van der Waals surface area contributed by atoms with Gasteiger partial charge in [-0.25, -0.2) is 0 Å². The summed E-state index contributed by atoms with van der Waals surface area (Å²) in [7, 11) is 0. The van der Waals surface area contributed by atoms with Crippen LogP contribution in [-0.2, 0) is 6.42 Å². The summed E-state index contributed by atoms with van der Waals surface area (Å²) >= 11 is 0. The number of ether oxygens (including phenoxy) is 2. The summed E-state index contributed by atoms with van der Waals surface area (Å²) in [6.45, 7) is 3.90. The van der Waals surface area contributed by atoms with E-state index in [0.717, 1.165) is 84.5 Å². The van der Waals surface area contributed by atoms with Gasteiger partial charge in [0.2, 0.25) is 0 Å². The first-order valence-corrected chi connectivity index (χ1v) is 13.7. The number of phenols is 1. The third kappa shape index (κ3) is 6.61. The van der Waals surface area contributed by atoms with Crippen molar-refractivity contribution in [3.05, 3.63) is 88.5 Å². The van der Waals surface area contributed by atoms with Crippen LogP contribution in [0.3, 0.4) is 0 Å². The third-order valence-electron chi connectivity index (χ3n) is 7.57. The van der Waals surface area contributed by atoms with Crippen LogP contribution in [0, 0.1) is 6.92 Å². The summed E-state index contributed by atoms with van der Waals surface area (Å²) < 4.78 is 61.4. The number of nitrogens with zero attached hydrogens (tertiary/aromatic N) is 1. The zero-order valence-electron chi connectivity index (χ0n) is 22.4. The Balaban J connectivity index is 1.49. The number of benzene rings is 3. The topological polar surface area (TPSA) is 41.9 Å². The molecule has 4 nitrogen and oxygen atoms in total. The summed E-state index contributed by atoms with van der Waals surface area (Å²) in [6, 6.07) is 17.8. The second-order valence-electron chi connectivity index (χ2n) is 10.5. The molecule has 1 aliphatic heterocycles.